The number of hydrogen-bond acceptors (Lipinski definition) is 3. The fourth-order valence-corrected chi connectivity index (χ4v) is 2.01. The lowest BCUT2D eigenvalue weighted by molar-refractivity contribution is -0.152. The molecule has 0 aromatic heterocycles. The van der Waals surface area contributed by atoms with Gasteiger partial charge in [0.1, 0.15) is 5.60 Å². The van der Waals surface area contributed by atoms with Gasteiger partial charge in [-0.2, -0.15) is 0 Å². The summed E-state index contributed by atoms with van der Waals surface area (Å²) < 4.78 is 10.5. The summed E-state index contributed by atoms with van der Waals surface area (Å²) in [5.41, 5.74) is 4.69. The maximum atomic E-state index is 11.4. The van der Waals surface area contributed by atoms with Gasteiger partial charge in [0.05, 0.1) is 13.2 Å². The van der Waals surface area contributed by atoms with E-state index < -0.39 is 5.60 Å². The lowest BCUT2D eigenvalue weighted by atomic mass is 9.79. The smallest absolute Gasteiger partial charge is 0.249 e. The van der Waals surface area contributed by atoms with E-state index in [4.69, 9.17) is 15.2 Å². The van der Waals surface area contributed by atoms with E-state index in [0.717, 1.165) is 25.7 Å². The third-order valence-corrected chi connectivity index (χ3v) is 3.20. The summed E-state index contributed by atoms with van der Waals surface area (Å²) in [6.45, 7) is 3.14. The van der Waals surface area contributed by atoms with Crippen molar-refractivity contribution in [1.82, 2.24) is 0 Å². The number of hydrogen-bond donors (Lipinski definition) is 1. The van der Waals surface area contributed by atoms with E-state index >= 15 is 0 Å². The lowest BCUT2D eigenvalue weighted by Crippen LogP contribution is -2.49. The number of nitrogens with two attached hydrogens (primary N) is 1. The van der Waals surface area contributed by atoms with Gasteiger partial charge in [-0.3, -0.25) is 4.79 Å². The Morgan fingerprint density at radius 1 is 1.40 bits per heavy atom. The van der Waals surface area contributed by atoms with Crippen LogP contribution in [0.15, 0.2) is 0 Å². The van der Waals surface area contributed by atoms with Crippen LogP contribution in [0.5, 0.6) is 0 Å². The first kappa shape index (κ1) is 12.5. The van der Waals surface area contributed by atoms with Crippen LogP contribution in [-0.4, -0.2) is 31.8 Å². The molecule has 4 nitrogen and oxygen atoms in total. The van der Waals surface area contributed by atoms with Crippen molar-refractivity contribution >= 4 is 5.91 Å². The zero-order valence-corrected chi connectivity index (χ0v) is 9.62. The molecule has 1 amide bonds. The molecule has 1 aliphatic rings. The predicted molar refractivity (Wildman–Crippen MR) is 57.4 cm³/mol. The Balaban J connectivity index is 2.51. The van der Waals surface area contributed by atoms with Gasteiger partial charge in [0, 0.05) is 7.11 Å². The Kier molecular flexibility index (Phi) is 4.54. The number of rotatable bonds is 5. The Morgan fingerprint density at radius 3 is 2.47 bits per heavy atom. The van der Waals surface area contributed by atoms with E-state index in [1.165, 1.54) is 0 Å². The molecule has 0 atom stereocenters. The highest BCUT2D eigenvalue weighted by Crippen LogP contribution is 2.34. The maximum Gasteiger partial charge on any atom is 0.249 e. The minimum atomic E-state index is -0.731. The topological polar surface area (TPSA) is 61.6 Å². The number of amides is 1. The molecule has 0 aromatic rings. The summed E-state index contributed by atoms with van der Waals surface area (Å²) in [5, 5.41) is 0. The largest absolute Gasteiger partial charge is 0.382 e. The van der Waals surface area contributed by atoms with Crippen LogP contribution in [0.4, 0.5) is 0 Å². The van der Waals surface area contributed by atoms with Crippen molar-refractivity contribution in [2.45, 2.75) is 38.2 Å². The summed E-state index contributed by atoms with van der Waals surface area (Å²) in [4.78, 5) is 11.4. The molecule has 1 rings (SSSR count). The van der Waals surface area contributed by atoms with Crippen molar-refractivity contribution < 1.29 is 14.3 Å². The number of carbonyl (C=O) groups is 1. The molecule has 0 aromatic carbocycles. The van der Waals surface area contributed by atoms with Gasteiger partial charge in [0.25, 0.3) is 0 Å². The second-order valence-electron chi connectivity index (χ2n) is 4.38. The molecule has 1 saturated carbocycles. The molecule has 0 bridgehead atoms. The van der Waals surface area contributed by atoms with Crippen LogP contribution in [0.3, 0.4) is 0 Å². The van der Waals surface area contributed by atoms with Crippen LogP contribution in [0.25, 0.3) is 0 Å². The van der Waals surface area contributed by atoms with Gasteiger partial charge >= 0.3 is 0 Å². The van der Waals surface area contributed by atoms with Crippen molar-refractivity contribution in [3.8, 4) is 0 Å². The van der Waals surface area contributed by atoms with Crippen LogP contribution in [0.1, 0.15) is 32.6 Å². The lowest BCUT2D eigenvalue weighted by Gasteiger charge is -2.36. The van der Waals surface area contributed by atoms with Gasteiger partial charge in [0.15, 0.2) is 0 Å². The third kappa shape index (κ3) is 3.18. The predicted octanol–water partition coefficient (Wildman–Crippen LogP) is 1.08. The number of primary amides is 1. The summed E-state index contributed by atoms with van der Waals surface area (Å²) in [5.74, 6) is 0.342. The molecule has 1 aliphatic carbocycles. The number of methoxy groups -OCH3 is 1. The van der Waals surface area contributed by atoms with Crippen LogP contribution < -0.4 is 5.73 Å². The van der Waals surface area contributed by atoms with E-state index in [1.807, 2.05) is 0 Å². The van der Waals surface area contributed by atoms with E-state index in [9.17, 15) is 4.79 Å². The van der Waals surface area contributed by atoms with Gasteiger partial charge in [-0.25, -0.2) is 0 Å². The second-order valence-corrected chi connectivity index (χ2v) is 4.38. The zero-order valence-electron chi connectivity index (χ0n) is 9.62. The molecule has 0 unspecified atom stereocenters. The fraction of sp³-hybridized carbons (Fsp3) is 0.909. The normalized spacial score (nSPS) is 31.5. The van der Waals surface area contributed by atoms with Crippen molar-refractivity contribution in [3.05, 3.63) is 0 Å². The van der Waals surface area contributed by atoms with Gasteiger partial charge < -0.3 is 15.2 Å². The quantitative estimate of drug-likeness (QED) is 0.698. The summed E-state index contributed by atoms with van der Waals surface area (Å²) in [6, 6.07) is 0. The molecule has 0 spiro atoms. The standard InChI is InChI=1S/C11H21NO3/c1-9-3-5-11(6-4-9,10(12)13)15-8-7-14-2/h9H,3-8H2,1-2H3,(H2,12,13)/t9-,11-. The van der Waals surface area contributed by atoms with E-state index in [0.29, 0.717) is 19.1 Å². The molecule has 0 heterocycles. The molecule has 88 valence electrons. The first-order valence-electron chi connectivity index (χ1n) is 5.53. The molecule has 4 heteroatoms. The van der Waals surface area contributed by atoms with Crippen LogP contribution in [-0.2, 0) is 14.3 Å². The molecule has 1 fully saturated rings. The second kappa shape index (κ2) is 5.47. The molecular weight excluding hydrogens is 194 g/mol. The summed E-state index contributed by atoms with van der Waals surface area (Å²) >= 11 is 0. The van der Waals surface area contributed by atoms with Gasteiger partial charge in [-0.05, 0) is 31.6 Å². The van der Waals surface area contributed by atoms with Crippen molar-refractivity contribution in [3.63, 3.8) is 0 Å². The highest BCUT2D eigenvalue weighted by molar-refractivity contribution is 5.83. The number of ether oxygens (including phenoxy) is 2. The van der Waals surface area contributed by atoms with Crippen molar-refractivity contribution in [2.24, 2.45) is 11.7 Å². The molecule has 0 radical (unpaired) electrons. The van der Waals surface area contributed by atoms with Gasteiger partial charge in [0.2, 0.25) is 5.91 Å². The van der Waals surface area contributed by atoms with E-state index in [1.54, 1.807) is 7.11 Å². The highest BCUT2D eigenvalue weighted by atomic mass is 16.5. The van der Waals surface area contributed by atoms with Crippen LogP contribution in [0, 0.1) is 5.92 Å². The Hall–Kier alpha value is -0.610. The monoisotopic (exact) mass is 215 g/mol. The Bertz CT molecular complexity index is 210. The molecule has 0 aliphatic heterocycles. The Morgan fingerprint density at radius 2 is 2.00 bits per heavy atom. The Labute approximate surface area is 91.1 Å². The van der Waals surface area contributed by atoms with Gasteiger partial charge in [-0.15, -0.1) is 0 Å². The average Bonchev–Trinajstić information content (AvgIpc) is 2.21. The minimum absolute atomic E-state index is 0.328. The van der Waals surface area contributed by atoms with Crippen molar-refractivity contribution in [2.75, 3.05) is 20.3 Å². The van der Waals surface area contributed by atoms with Gasteiger partial charge in [-0.1, -0.05) is 6.92 Å². The van der Waals surface area contributed by atoms with E-state index in [2.05, 4.69) is 6.92 Å². The average molecular weight is 215 g/mol. The summed E-state index contributed by atoms with van der Waals surface area (Å²) in [7, 11) is 1.61. The molecular formula is C11H21NO3. The zero-order chi connectivity index (χ0) is 11.3. The maximum absolute atomic E-state index is 11.4. The molecule has 0 saturated heterocycles. The minimum Gasteiger partial charge on any atom is -0.382 e. The molecule has 15 heavy (non-hydrogen) atoms. The first-order valence-corrected chi connectivity index (χ1v) is 5.53. The third-order valence-electron chi connectivity index (χ3n) is 3.20. The number of carbonyl (C=O) groups excluding carboxylic acids is 1. The van der Waals surface area contributed by atoms with Crippen molar-refractivity contribution in [1.29, 1.82) is 0 Å². The van der Waals surface area contributed by atoms with Crippen LogP contribution in [0.2, 0.25) is 0 Å². The first-order chi connectivity index (χ1) is 7.10. The molecule has 2 N–H and O–H groups in total. The van der Waals surface area contributed by atoms with E-state index in [-0.39, 0.29) is 5.91 Å². The SMILES string of the molecule is COCCO[C@]1(C(N)=O)CC[C@@H](C)CC1. The highest BCUT2D eigenvalue weighted by Gasteiger charge is 2.40. The fourth-order valence-electron chi connectivity index (χ4n) is 2.01. The van der Waals surface area contributed by atoms with Crippen LogP contribution >= 0.6 is 0 Å². The summed E-state index contributed by atoms with van der Waals surface area (Å²) in [6.07, 6.45) is 3.51.